The third-order valence-electron chi connectivity index (χ3n) is 5.06. The van der Waals surface area contributed by atoms with E-state index in [2.05, 4.69) is 30.9 Å². The molecular formula is C23H26N6O6. The molecule has 0 saturated carbocycles. The quantitative estimate of drug-likeness (QED) is 0.258. The van der Waals surface area contributed by atoms with Crippen LogP contribution in [0.15, 0.2) is 47.3 Å². The van der Waals surface area contributed by atoms with Crippen LogP contribution in [0, 0.1) is 13.8 Å². The van der Waals surface area contributed by atoms with Crippen LogP contribution in [-0.2, 0) is 27.2 Å². The molecule has 0 bridgehead atoms. The molecule has 3 aromatic rings. The van der Waals surface area contributed by atoms with Gasteiger partial charge in [-0.1, -0.05) is 30.3 Å². The SMILES string of the molecule is Cc1nc(C(=O)NCC(=O)N[C@@H](Cc2ccccc2)C(=O)N[C@@H](Cc2cnc[nH]2)C(=O)O)c(C)o1. The number of aliphatic carboxylic acids is 1. The summed E-state index contributed by atoms with van der Waals surface area (Å²) in [7, 11) is 0. The molecule has 0 fully saturated rings. The lowest BCUT2D eigenvalue weighted by Crippen LogP contribution is -2.54. The predicted octanol–water partition coefficient (Wildman–Crippen LogP) is 0.284. The second kappa shape index (κ2) is 11.6. The monoisotopic (exact) mass is 482 g/mol. The summed E-state index contributed by atoms with van der Waals surface area (Å²) in [4.78, 5) is 60.2. The number of carboxylic acids is 1. The number of benzene rings is 1. The van der Waals surface area contributed by atoms with Crippen molar-refractivity contribution in [3.05, 3.63) is 71.5 Å². The van der Waals surface area contributed by atoms with E-state index in [-0.39, 0.29) is 18.5 Å². The van der Waals surface area contributed by atoms with Gasteiger partial charge in [-0.05, 0) is 12.5 Å². The normalized spacial score (nSPS) is 12.4. The number of aromatic nitrogens is 3. The Morgan fingerprint density at radius 1 is 1.06 bits per heavy atom. The summed E-state index contributed by atoms with van der Waals surface area (Å²) in [6, 6.07) is 6.62. The van der Waals surface area contributed by atoms with E-state index >= 15 is 0 Å². The van der Waals surface area contributed by atoms with Crippen LogP contribution >= 0.6 is 0 Å². The van der Waals surface area contributed by atoms with Crippen molar-refractivity contribution in [3.8, 4) is 0 Å². The number of H-pyrrole nitrogens is 1. The Morgan fingerprint density at radius 2 is 1.80 bits per heavy atom. The highest BCUT2D eigenvalue weighted by Gasteiger charge is 2.27. The topological polar surface area (TPSA) is 179 Å². The Bertz CT molecular complexity index is 1170. The van der Waals surface area contributed by atoms with Crippen molar-refractivity contribution < 1.29 is 28.7 Å². The van der Waals surface area contributed by atoms with Gasteiger partial charge in [-0.2, -0.15) is 0 Å². The zero-order valence-electron chi connectivity index (χ0n) is 19.2. The first-order chi connectivity index (χ1) is 16.7. The van der Waals surface area contributed by atoms with Crippen LogP contribution in [0.2, 0.25) is 0 Å². The molecule has 0 unspecified atom stereocenters. The first-order valence-electron chi connectivity index (χ1n) is 10.8. The molecule has 0 saturated heterocycles. The number of nitrogens with one attached hydrogen (secondary N) is 4. The summed E-state index contributed by atoms with van der Waals surface area (Å²) in [6.45, 7) is 2.76. The Balaban J connectivity index is 1.66. The number of nitrogens with zero attached hydrogens (tertiary/aromatic N) is 2. The van der Waals surface area contributed by atoms with Gasteiger partial charge in [0.25, 0.3) is 5.91 Å². The van der Waals surface area contributed by atoms with E-state index in [1.54, 1.807) is 38.1 Å². The minimum atomic E-state index is -1.24. The summed E-state index contributed by atoms with van der Waals surface area (Å²) < 4.78 is 5.22. The molecule has 3 rings (SSSR count). The van der Waals surface area contributed by atoms with Gasteiger partial charge >= 0.3 is 5.97 Å². The third-order valence-corrected chi connectivity index (χ3v) is 5.06. The second-order valence-electron chi connectivity index (χ2n) is 7.81. The molecule has 0 radical (unpaired) electrons. The van der Waals surface area contributed by atoms with Crippen molar-refractivity contribution in [1.82, 2.24) is 30.9 Å². The standard InChI is InChI=1S/C23H26N6O6/c1-13-20(27-14(2)35-13)22(32)25-11-19(30)28-17(8-15-6-4-3-5-7-15)21(31)29-18(23(33)34)9-16-10-24-12-26-16/h3-7,10,12,17-18H,8-9,11H2,1-2H3,(H,24,26)(H,25,32)(H,28,30)(H,29,31)(H,33,34)/t17-,18-/m0/s1. The number of carbonyl (C=O) groups excluding carboxylic acids is 3. The fourth-order valence-corrected chi connectivity index (χ4v) is 3.38. The van der Waals surface area contributed by atoms with Crippen LogP contribution in [0.5, 0.6) is 0 Å². The van der Waals surface area contributed by atoms with Crippen molar-refractivity contribution in [2.45, 2.75) is 38.8 Å². The van der Waals surface area contributed by atoms with Crippen molar-refractivity contribution in [2.75, 3.05) is 6.54 Å². The number of imidazole rings is 1. The number of rotatable bonds is 11. The number of carboxylic acid groups (broad SMARTS) is 1. The molecule has 0 aliphatic carbocycles. The number of hydrogen-bond donors (Lipinski definition) is 5. The third kappa shape index (κ3) is 7.25. The molecule has 0 spiro atoms. The average Bonchev–Trinajstić information content (AvgIpc) is 3.45. The Morgan fingerprint density at radius 3 is 2.40 bits per heavy atom. The summed E-state index contributed by atoms with van der Waals surface area (Å²) in [5.74, 6) is -2.50. The van der Waals surface area contributed by atoms with E-state index in [1.165, 1.54) is 12.5 Å². The van der Waals surface area contributed by atoms with Gasteiger partial charge in [0, 0.05) is 31.7 Å². The van der Waals surface area contributed by atoms with Gasteiger partial charge in [0.2, 0.25) is 11.8 Å². The van der Waals surface area contributed by atoms with Gasteiger partial charge in [0.05, 0.1) is 12.9 Å². The maximum Gasteiger partial charge on any atom is 0.326 e. The predicted molar refractivity (Wildman–Crippen MR) is 122 cm³/mol. The number of carbonyl (C=O) groups is 4. The molecule has 35 heavy (non-hydrogen) atoms. The highest BCUT2D eigenvalue weighted by molar-refractivity contribution is 5.96. The van der Waals surface area contributed by atoms with Gasteiger partial charge < -0.3 is 30.5 Å². The van der Waals surface area contributed by atoms with Crippen molar-refractivity contribution in [2.24, 2.45) is 0 Å². The zero-order valence-corrected chi connectivity index (χ0v) is 19.2. The minimum absolute atomic E-state index is 0.0143. The summed E-state index contributed by atoms with van der Waals surface area (Å²) in [6.07, 6.45) is 2.97. The zero-order chi connectivity index (χ0) is 25.4. The van der Waals surface area contributed by atoms with E-state index in [0.29, 0.717) is 17.3 Å². The maximum atomic E-state index is 13.0. The van der Waals surface area contributed by atoms with Crippen LogP contribution < -0.4 is 16.0 Å². The van der Waals surface area contributed by atoms with Gasteiger partial charge in [-0.15, -0.1) is 0 Å². The van der Waals surface area contributed by atoms with Crippen LogP contribution in [0.1, 0.15) is 33.4 Å². The Kier molecular flexibility index (Phi) is 8.33. The van der Waals surface area contributed by atoms with E-state index in [1.807, 2.05) is 6.07 Å². The van der Waals surface area contributed by atoms with E-state index < -0.39 is 42.3 Å². The van der Waals surface area contributed by atoms with Crippen molar-refractivity contribution in [1.29, 1.82) is 0 Å². The van der Waals surface area contributed by atoms with Gasteiger partial charge in [-0.3, -0.25) is 14.4 Å². The lowest BCUT2D eigenvalue weighted by molar-refractivity contribution is -0.142. The second-order valence-corrected chi connectivity index (χ2v) is 7.81. The van der Waals surface area contributed by atoms with Crippen LogP contribution in [0.3, 0.4) is 0 Å². The molecule has 0 aliphatic heterocycles. The fraction of sp³-hybridized carbons (Fsp3) is 0.304. The van der Waals surface area contributed by atoms with Gasteiger partial charge in [-0.25, -0.2) is 14.8 Å². The fourth-order valence-electron chi connectivity index (χ4n) is 3.38. The molecule has 2 heterocycles. The van der Waals surface area contributed by atoms with Crippen LogP contribution in [0.4, 0.5) is 0 Å². The smallest absolute Gasteiger partial charge is 0.326 e. The average molecular weight is 482 g/mol. The molecule has 12 nitrogen and oxygen atoms in total. The largest absolute Gasteiger partial charge is 0.480 e. The highest BCUT2D eigenvalue weighted by atomic mass is 16.4. The number of oxazole rings is 1. The van der Waals surface area contributed by atoms with Crippen LogP contribution in [-0.4, -0.2) is 62.4 Å². The molecule has 5 N–H and O–H groups in total. The van der Waals surface area contributed by atoms with E-state index in [4.69, 9.17) is 4.42 Å². The van der Waals surface area contributed by atoms with Crippen molar-refractivity contribution >= 4 is 23.7 Å². The van der Waals surface area contributed by atoms with E-state index in [9.17, 15) is 24.3 Å². The van der Waals surface area contributed by atoms with E-state index in [0.717, 1.165) is 5.56 Å². The molecule has 2 aromatic heterocycles. The molecule has 3 amide bonds. The molecule has 0 aliphatic rings. The summed E-state index contributed by atoms with van der Waals surface area (Å²) in [5.41, 5.74) is 1.35. The number of hydrogen-bond acceptors (Lipinski definition) is 7. The number of aryl methyl sites for hydroxylation is 2. The van der Waals surface area contributed by atoms with Crippen molar-refractivity contribution in [3.63, 3.8) is 0 Å². The first-order valence-corrected chi connectivity index (χ1v) is 10.8. The van der Waals surface area contributed by atoms with Crippen LogP contribution in [0.25, 0.3) is 0 Å². The Hall–Kier alpha value is -4.48. The number of amides is 3. The molecule has 1 aromatic carbocycles. The molecule has 2 atom stereocenters. The highest BCUT2D eigenvalue weighted by Crippen LogP contribution is 2.09. The lowest BCUT2D eigenvalue weighted by Gasteiger charge is -2.21. The molecule has 12 heteroatoms. The Labute approximate surface area is 200 Å². The first kappa shape index (κ1) is 25.1. The summed E-state index contributed by atoms with van der Waals surface area (Å²) >= 11 is 0. The minimum Gasteiger partial charge on any atom is -0.480 e. The summed E-state index contributed by atoms with van der Waals surface area (Å²) in [5, 5.41) is 17.0. The lowest BCUT2D eigenvalue weighted by atomic mass is 10.0. The maximum absolute atomic E-state index is 13.0. The molecule has 184 valence electrons. The van der Waals surface area contributed by atoms with Gasteiger partial charge in [0.15, 0.2) is 11.6 Å². The van der Waals surface area contributed by atoms with Gasteiger partial charge in [0.1, 0.15) is 17.8 Å². The number of aromatic amines is 1. The molecular weight excluding hydrogens is 456 g/mol.